The molecule has 1 aromatic heterocycles. The second kappa shape index (κ2) is 5.90. The average Bonchev–Trinajstić information content (AvgIpc) is 2.61. The van der Waals surface area contributed by atoms with E-state index in [1.54, 1.807) is 42.7 Å². The third-order valence-electron chi connectivity index (χ3n) is 4.32. The van der Waals surface area contributed by atoms with E-state index in [1.165, 1.54) is 6.07 Å². The molecule has 2 amide bonds. The number of phenolic OH excluding ortho intramolecular Hbond substituents is 1. The van der Waals surface area contributed by atoms with Gasteiger partial charge in [0, 0.05) is 30.1 Å². The molecule has 0 aliphatic carbocycles. The fraction of sp³-hybridized carbons (Fsp3) is 0.105. The number of phenols is 1. The minimum atomic E-state index is -0.656. The standard InChI is InChI=1S/C19H15N3O3/c23-13-4-5-14-11(8-13)2-1-3-15(14)18(24)22-17-9-12-10-20-7-6-16(12)21-19(17)25/h1-8,10,17,23H,9H2,(H,21,25)(H,22,24). The van der Waals surface area contributed by atoms with Gasteiger partial charge in [0.2, 0.25) is 5.91 Å². The van der Waals surface area contributed by atoms with E-state index in [2.05, 4.69) is 15.6 Å². The Bertz CT molecular complexity index is 1000. The number of anilines is 1. The molecule has 6 heteroatoms. The molecule has 3 aromatic rings. The van der Waals surface area contributed by atoms with Crippen molar-refractivity contribution in [2.24, 2.45) is 0 Å². The van der Waals surface area contributed by atoms with Crippen LogP contribution in [0.15, 0.2) is 54.9 Å². The molecule has 4 rings (SSSR count). The van der Waals surface area contributed by atoms with Crippen molar-refractivity contribution in [3.05, 3.63) is 66.0 Å². The quantitative estimate of drug-likeness (QED) is 0.671. The zero-order valence-corrected chi connectivity index (χ0v) is 13.2. The van der Waals surface area contributed by atoms with Crippen LogP contribution in [-0.4, -0.2) is 27.9 Å². The van der Waals surface area contributed by atoms with E-state index in [-0.39, 0.29) is 17.6 Å². The lowest BCUT2D eigenvalue weighted by Gasteiger charge is -2.25. The fourth-order valence-corrected chi connectivity index (χ4v) is 3.07. The molecule has 1 aliphatic heterocycles. The van der Waals surface area contributed by atoms with Gasteiger partial charge < -0.3 is 15.7 Å². The highest BCUT2D eigenvalue weighted by Crippen LogP contribution is 2.24. The summed E-state index contributed by atoms with van der Waals surface area (Å²) in [6, 6.07) is 11.2. The lowest BCUT2D eigenvalue weighted by atomic mass is 9.99. The van der Waals surface area contributed by atoms with E-state index in [0.29, 0.717) is 12.0 Å². The summed E-state index contributed by atoms with van der Waals surface area (Å²) >= 11 is 0. The lowest BCUT2D eigenvalue weighted by molar-refractivity contribution is -0.118. The molecule has 0 radical (unpaired) electrons. The van der Waals surface area contributed by atoms with Crippen molar-refractivity contribution in [1.82, 2.24) is 10.3 Å². The SMILES string of the molecule is O=C(NC1Cc2cnccc2NC1=O)c1cccc2cc(O)ccc12. The Morgan fingerprint density at radius 1 is 1.24 bits per heavy atom. The molecule has 0 fully saturated rings. The largest absolute Gasteiger partial charge is 0.508 e. The molecule has 1 aliphatic rings. The molecule has 0 bridgehead atoms. The van der Waals surface area contributed by atoms with E-state index in [1.807, 2.05) is 6.07 Å². The zero-order chi connectivity index (χ0) is 17.4. The molecule has 3 N–H and O–H groups in total. The number of carbonyl (C=O) groups excluding carboxylic acids is 2. The van der Waals surface area contributed by atoms with Gasteiger partial charge in [-0.15, -0.1) is 0 Å². The maximum absolute atomic E-state index is 12.7. The summed E-state index contributed by atoms with van der Waals surface area (Å²) in [5.74, 6) is -0.436. The normalized spacial score (nSPS) is 16.2. The number of rotatable bonds is 2. The molecular weight excluding hydrogens is 318 g/mol. The number of nitrogens with zero attached hydrogens (tertiary/aromatic N) is 1. The minimum Gasteiger partial charge on any atom is -0.508 e. The first-order chi connectivity index (χ1) is 12.1. The van der Waals surface area contributed by atoms with Crippen LogP contribution in [0.4, 0.5) is 5.69 Å². The highest BCUT2D eigenvalue weighted by molar-refractivity contribution is 6.09. The van der Waals surface area contributed by atoms with Gasteiger partial charge in [-0.2, -0.15) is 0 Å². The fourth-order valence-electron chi connectivity index (χ4n) is 3.07. The molecule has 124 valence electrons. The van der Waals surface area contributed by atoms with Gasteiger partial charge in [-0.3, -0.25) is 14.6 Å². The van der Waals surface area contributed by atoms with Crippen molar-refractivity contribution < 1.29 is 14.7 Å². The summed E-state index contributed by atoms with van der Waals surface area (Å²) < 4.78 is 0. The summed E-state index contributed by atoms with van der Waals surface area (Å²) in [6.45, 7) is 0. The van der Waals surface area contributed by atoms with E-state index in [9.17, 15) is 14.7 Å². The van der Waals surface area contributed by atoms with E-state index in [4.69, 9.17) is 0 Å². The number of carbonyl (C=O) groups is 2. The molecule has 0 saturated heterocycles. The molecule has 6 nitrogen and oxygen atoms in total. The van der Waals surface area contributed by atoms with Crippen LogP contribution in [0.5, 0.6) is 5.75 Å². The topological polar surface area (TPSA) is 91.3 Å². The van der Waals surface area contributed by atoms with Gasteiger partial charge in [-0.05, 0) is 46.7 Å². The number of fused-ring (bicyclic) bond motifs is 2. The number of benzene rings is 2. The van der Waals surface area contributed by atoms with Gasteiger partial charge in [0.1, 0.15) is 11.8 Å². The van der Waals surface area contributed by atoms with Crippen molar-refractivity contribution in [2.45, 2.75) is 12.5 Å². The summed E-state index contributed by atoms with van der Waals surface area (Å²) in [5, 5.41) is 16.6. The predicted octanol–water partition coefficient (Wildman–Crippen LogP) is 2.23. The van der Waals surface area contributed by atoms with E-state index in [0.717, 1.165) is 22.0 Å². The molecule has 0 spiro atoms. The Balaban J connectivity index is 1.62. The highest BCUT2D eigenvalue weighted by atomic mass is 16.3. The Labute approximate surface area is 143 Å². The van der Waals surface area contributed by atoms with Crippen molar-refractivity contribution in [3.8, 4) is 5.75 Å². The van der Waals surface area contributed by atoms with E-state index < -0.39 is 6.04 Å². The first-order valence-corrected chi connectivity index (χ1v) is 7.88. The molecule has 1 unspecified atom stereocenters. The summed E-state index contributed by atoms with van der Waals surface area (Å²) in [4.78, 5) is 29.0. The number of aromatic nitrogens is 1. The molecule has 0 saturated carbocycles. The van der Waals surface area contributed by atoms with Crippen LogP contribution in [0, 0.1) is 0 Å². The lowest BCUT2D eigenvalue weighted by Crippen LogP contribution is -2.47. The third kappa shape index (κ3) is 2.78. The van der Waals surface area contributed by atoms with Crippen LogP contribution in [0.1, 0.15) is 15.9 Å². The van der Waals surface area contributed by atoms with Crippen LogP contribution < -0.4 is 10.6 Å². The maximum atomic E-state index is 12.7. The number of hydrogen-bond donors (Lipinski definition) is 3. The van der Waals surface area contributed by atoms with Crippen LogP contribution in [0.3, 0.4) is 0 Å². The summed E-state index contributed by atoms with van der Waals surface area (Å²) in [5.41, 5.74) is 2.07. The maximum Gasteiger partial charge on any atom is 0.252 e. The van der Waals surface area contributed by atoms with Crippen LogP contribution >= 0.6 is 0 Å². The van der Waals surface area contributed by atoms with Gasteiger partial charge in [-0.25, -0.2) is 0 Å². The molecule has 25 heavy (non-hydrogen) atoms. The Morgan fingerprint density at radius 3 is 3.00 bits per heavy atom. The van der Waals surface area contributed by atoms with Crippen molar-refractivity contribution in [2.75, 3.05) is 5.32 Å². The number of amides is 2. The number of aromatic hydroxyl groups is 1. The second-order valence-electron chi connectivity index (χ2n) is 5.96. The summed E-state index contributed by atoms with van der Waals surface area (Å²) in [7, 11) is 0. The monoisotopic (exact) mass is 333 g/mol. The Hall–Kier alpha value is -3.41. The first kappa shape index (κ1) is 15.1. The number of nitrogens with one attached hydrogen (secondary N) is 2. The average molecular weight is 333 g/mol. The van der Waals surface area contributed by atoms with Gasteiger partial charge in [0.05, 0.1) is 0 Å². The smallest absolute Gasteiger partial charge is 0.252 e. The molecular formula is C19H15N3O3. The van der Waals surface area contributed by atoms with Crippen LogP contribution in [-0.2, 0) is 11.2 Å². The van der Waals surface area contributed by atoms with Crippen molar-refractivity contribution >= 4 is 28.3 Å². The highest BCUT2D eigenvalue weighted by Gasteiger charge is 2.28. The number of pyridine rings is 1. The van der Waals surface area contributed by atoms with Gasteiger partial charge in [0.15, 0.2) is 0 Å². The van der Waals surface area contributed by atoms with Gasteiger partial charge in [0.25, 0.3) is 5.91 Å². The Kier molecular flexibility index (Phi) is 3.57. The van der Waals surface area contributed by atoms with Gasteiger partial charge >= 0.3 is 0 Å². The molecule has 1 atom stereocenters. The number of hydrogen-bond acceptors (Lipinski definition) is 4. The predicted molar refractivity (Wildman–Crippen MR) is 93.4 cm³/mol. The van der Waals surface area contributed by atoms with Crippen LogP contribution in [0.25, 0.3) is 10.8 Å². The molecule has 2 heterocycles. The Morgan fingerprint density at radius 2 is 2.12 bits per heavy atom. The molecule has 2 aromatic carbocycles. The minimum absolute atomic E-state index is 0.140. The second-order valence-corrected chi connectivity index (χ2v) is 5.96. The van der Waals surface area contributed by atoms with E-state index >= 15 is 0 Å². The third-order valence-corrected chi connectivity index (χ3v) is 4.32. The first-order valence-electron chi connectivity index (χ1n) is 7.88. The van der Waals surface area contributed by atoms with Crippen molar-refractivity contribution in [1.29, 1.82) is 0 Å². The van der Waals surface area contributed by atoms with Crippen molar-refractivity contribution in [3.63, 3.8) is 0 Å². The zero-order valence-electron chi connectivity index (χ0n) is 13.2. The summed E-state index contributed by atoms with van der Waals surface area (Å²) in [6.07, 6.45) is 3.70. The van der Waals surface area contributed by atoms with Crippen LogP contribution in [0.2, 0.25) is 0 Å². The van der Waals surface area contributed by atoms with Gasteiger partial charge in [-0.1, -0.05) is 12.1 Å².